The van der Waals surface area contributed by atoms with Crippen molar-refractivity contribution in [2.75, 3.05) is 13.1 Å². The Kier molecular flexibility index (Phi) is 3.72. The average Bonchev–Trinajstić information content (AvgIpc) is 2.55. The fourth-order valence-corrected chi connectivity index (χ4v) is 2.64. The van der Waals surface area contributed by atoms with Gasteiger partial charge in [-0.25, -0.2) is 9.78 Å². The molecular weight excluding hydrogens is 270 g/mol. The Morgan fingerprint density at radius 3 is 2.95 bits per heavy atom. The van der Waals surface area contributed by atoms with Crippen LogP contribution in [0.25, 0.3) is 0 Å². The van der Waals surface area contributed by atoms with Gasteiger partial charge in [0, 0.05) is 30.9 Å². The number of likely N-dealkylation sites (tertiary alicyclic amines) is 1. The van der Waals surface area contributed by atoms with E-state index in [9.17, 15) is 9.59 Å². The lowest BCUT2D eigenvalue weighted by Gasteiger charge is -2.32. The highest BCUT2D eigenvalue weighted by Gasteiger charge is 2.26. The third kappa shape index (κ3) is 2.96. The summed E-state index contributed by atoms with van der Waals surface area (Å²) in [5.41, 5.74) is 1.02. The summed E-state index contributed by atoms with van der Waals surface area (Å²) >= 11 is 0. The molecule has 1 amide bonds. The molecule has 3 rings (SSSR count). The number of carbonyl (C=O) groups excluding carboxylic acids is 1. The molecule has 1 saturated heterocycles. The molecule has 0 unspecified atom stereocenters. The van der Waals surface area contributed by atoms with Gasteiger partial charge in [-0.15, -0.1) is 0 Å². The maximum Gasteiger partial charge on any atom is 0.345 e. The SMILES string of the molecule is O=C(c1ccnnc1)N1CCC[C@@H](c2ccnc(=O)[nH]2)C1. The highest BCUT2D eigenvalue weighted by molar-refractivity contribution is 5.93. The number of aromatic nitrogens is 4. The lowest BCUT2D eigenvalue weighted by molar-refractivity contribution is 0.0705. The minimum atomic E-state index is -0.353. The molecule has 2 aromatic rings. The summed E-state index contributed by atoms with van der Waals surface area (Å²) in [6, 6.07) is 3.46. The summed E-state index contributed by atoms with van der Waals surface area (Å²) in [4.78, 5) is 31.9. The van der Waals surface area contributed by atoms with Gasteiger partial charge in [0.1, 0.15) is 0 Å². The Labute approximate surface area is 121 Å². The van der Waals surface area contributed by atoms with Crippen molar-refractivity contribution in [1.82, 2.24) is 25.1 Å². The van der Waals surface area contributed by atoms with Gasteiger partial charge in [0.2, 0.25) is 0 Å². The molecule has 0 aromatic carbocycles. The van der Waals surface area contributed by atoms with Crippen LogP contribution in [-0.4, -0.2) is 44.1 Å². The molecule has 2 aromatic heterocycles. The van der Waals surface area contributed by atoms with E-state index in [0.717, 1.165) is 18.5 Å². The number of hydrogen-bond donors (Lipinski definition) is 1. The van der Waals surface area contributed by atoms with Crippen LogP contribution >= 0.6 is 0 Å². The second-order valence-corrected chi connectivity index (χ2v) is 5.05. The Hall–Kier alpha value is -2.57. The first kappa shape index (κ1) is 13.4. The quantitative estimate of drug-likeness (QED) is 0.871. The van der Waals surface area contributed by atoms with Gasteiger partial charge >= 0.3 is 5.69 Å². The first-order valence-electron chi connectivity index (χ1n) is 6.85. The fraction of sp³-hybridized carbons (Fsp3) is 0.357. The largest absolute Gasteiger partial charge is 0.345 e. The summed E-state index contributed by atoms with van der Waals surface area (Å²) in [7, 11) is 0. The molecule has 1 fully saturated rings. The Bertz CT molecular complexity index is 685. The third-order valence-electron chi connectivity index (χ3n) is 3.68. The number of hydrogen-bond acceptors (Lipinski definition) is 5. The number of amides is 1. The molecule has 1 atom stereocenters. The van der Waals surface area contributed by atoms with Crippen molar-refractivity contribution in [3.8, 4) is 0 Å². The predicted molar refractivity (Wildman–Crippen MR) is 74.8 cm³/mol. The molecule has 3 heterocycles. The molecule has 108 valence electrons. The number of H-pyrrole nitrogens is 1. The van der Waals surface area contributed by atoms with E-state index in [4.69, 9.17) is 0 Å². The maximum absolute atomic E-state index is 12.4. The molecule has 7 nitrogen and oxygen atoms in total. The first-order chi connectivity index (χ1) is 10.2. The standard InChI is InChI=1S/C14H15N5O2/c20-13(10-3-6-16-17-8-10)19-7-1-2-11(9-19)12-4-5-15-14(21)18-12/h3-6,8,11H,1-2,7,9H2,(H,15,18,21)/t11-/m1/s1. The van der Waals surface area contributed by atoms with Crippen molar-refractivity contribution in [1.29, 1.82) is 0 Å². The molecule has 1 aliphatic rings. The van der Waals surface area contributed by atoms with Gasteiger partial charge in [-0.1, -0.05) is 0 Å². The minimum Gasteiger partial charge on any atom is -0.338 e. The summed E-state index contributed by atoms with van der Waals surface area (Å²) in [6.45, 7) is 1.30. The van der Waals surface area contributed by atoms with Gasteiger partial charge in [0.25, 0.3) is 5.91 Å². The normalized spacial score (nSPS) is 18.5. The second-order valence-electron chi connectivity index (χ2n) is 5.05. The summed E-state index contributed by atoms with van der Waals surface area (Å²) < 4.78 is 0. The van der Waals surface area contributed by atoms with Gasteiger partial charge in [0.05, 0.1) is 18.0 Å². The molecule has 0 spiro atoms. The minimum absolute atomic E-state index is 0.0500. The van der Waals surface area contributed by atoms with Crippen LogP contribution < -0.4 is 5.69 Å². The van der Waals surface area contributed by atoms with E-state index in [-0.39, 0.29) is 17.5 Å². The number of carbonyl (C=O) groups is 1. The zero-order valence-electron chi connectivity index (χ0n) is 11.4. The zero-order valence-corrected chi connectivity index (χ0v) is 11.4. The molecular formula is C14H15N5O2. The third-order valence-corrected chi connectivity index (χ3v) is 3.68. The fourth-order valence-electron chi connectivity index (χ4n) is 2.64. The van der Waals surface area contributed by atoms with Gasteiger partial charge < -0.3 is 9.88 Å². The number of nitrogens with one attached hydrogen (secondary N) is 1. The first-order valence-corrected chi connectivity index (χ1v) is 6.85. The number of nitrogens with zero attached hydrogens (tertiary/aromatic N) is 4. The van der Waals surface area contributed by atoms with Crippen LogP contribution in [0.5, 0.6) is 0 Å². The second kappa shape index (κ2) is 5.82. The molecule has 7 heteroatoms. The van der Waals surface area contributed by atoms with Crippen molar-refractivity contribution < 1.29 is 4.79 Å². The Morgan fingerprint density at radius 2 is 2.19 bits per heavy atom. The van der Waals surface area contributed by atoms with Gasteiger partial charge in [-0.2, -0.15) is 10.2 Å². The number of rotatable bonds is 2. The summed E-state index contributed by atoms with van der Waals surface area (Å²) in [5.74, 6) is 0.0826. The van der Waals surface area contributed by atoms with E-state index < -0.39 is 0 Å². The van der Waals surface area contributed by atoms with Gasteiger partial charge in [-0.05, 0) is 25.0 Å². The molecule has 1 aliphatic heterocycles. The van der Waals surface area contributed by atoms with Crippen LogP contribution in [0.1, 0.15) is 34.8 Å². The van der Waals surface area contributed by atoms with E-state index in [2.05, 4.69) is 20.2 Å². The highest BCUT2D eigenvalue weighted by atomic mass is 16.2. The highest BCUT2D eigenvalue weighted by Crippen LogP contribution is 2.25. The van der Waals surface area contributed by atoms with E-state index in [1.807, 2.05) is 0 Å². The topological polar surface area (TPSA) is 91.8 Å². The van der Waals surface area contributed by atoms with Crippen LogP contribution in [0.4, 0.5) is 0 Å². The van der Waals surface area contributed by atoms with E-state index in [1.165, 1.54) is 18.6 Å². The van der Waals surface area contributed by atoms with Gasteiger partial charge in [0.15, 0.2) is 0 Å². The van der Waals surface area contributed by atoms with Crippen molar-refractivity contribution in [2.24, 2.45) is 0 Å². The zero-order chi connectivity index (χ0) is 14.7. The molecule has 0 aliphatic carbocycles. The molecule has 0 saturated carbocycles. The van der Waals surface area contributed by atoms with Crippen LogP contribution in [0.15, 0.2) is 35.5 Å². The van der Waals surface area contributed by atoms with Crippen molar-refractivity contribution in [3.05, 3.63) is 52.5 Å². The number of aromatic amines is 1. The molecule has 0 radical (unpaired) electrons. The Morgan fingerprint density at radius 1 is 1.29 bits per heavy atom. The van der Waals surface area contributed by atoms with E-state index in [0.29, 0.717) is 18.7 Å². The summed E-state index contributed by atoms with van der Waals surface area (Å²) in [5, 5.41) is 7.41. The average molecular weight is 285 g/mol. The van der Waals surface area contributed by atoms with Crippen molar-refractivity contribution >= 4 is 5.91 Å². The predicted octanol–water partition coefficient (Wildman–Crippen LogP) is 0.580. The Balaban J connectivity index is 1.77. The van der Waals surface area contributed by atoms with Crippen LogP contribution in [0, 0.1) is 0 Å². The molecule has 1 N–H and O–H groups in total. The maximum atomic E-state index is 12.4. The van der Waals surface area contributed by atoms with Crippen molar-refractivity contribution in [2.45, 2.75) is 18.8 Å². The van der Waals surface area contributed by atoms with Crippen LogP contribution in [0.2, 0.25) is 0 Å². The van der Waals surface area contributed by atoms with Crippen LogP contribution in [-0.2, 0) is 0 Å². The van der Waals surface area contributed by atoms with Gasteiger partial charge in [-0.3, -0.25) is 4.79 Å². The smallest absolute Gasteiger partial charge is 0.338 e. The summed E-state index contributed by atoms with van der Waals surface area (Å²) in [6.07, 6.45) is 6.33. The van der Waals surface area contributed by atoms with Crippen molar-refractivity contribution in [3.63, 3.8) is 0 Å². The molecule has 0 bridgehead atoms. The molecule has 21 heavy (non-hydrogen) atoms. The monoisotopic (exact) mass is 285 g/mol. The lowest BCUT2D eigenvalue weighted by atomic mass is 9.94. The van der Waals surface area contributed by atoms with E-state index >= 15 is 0 Å². The van der Waals surface area contributed by atoms with Crippen LogP contribution in [0.3, 0.4) is 0 Å². The lowest BCUT2D eigenvalue weighted by Crippen LogP contribution is -2.39. The van der Waals surface area contributed by atoms with E-state index in [1.54, 1.807) is 17.0 Å². The number of piperidine rings is 1.